The predicted octanol–water partition coefficient (Wildman–Crippen LogP) is 2.64. The molecule has 2 aromatic carbocycles. The summed E-state index contributed by atoms with van der Waals surface area (Å²) in [5.41, 5.74) is 2.25. The summed E-state index contributed by atoms with van der Waals surface area (Å²) in [4.78, 5) is 28.2. The van der Waals surface area contributed by atoms with E-state index in [-0.39, 0.29) is 18.4 Å². The number of benzene rings is 2. The third-order valence-electron chi connectivity index (χ3n) is 6.69. The van der Waals surface area contributed by atoms with Crippen molar-refractivity contribution in [3.05, 3.63) is 59.3 Å². The van der Waals surface area contributed by atoms with Crippen LogP contribution >= 0.6 is 0 Å². The summed E-state index contributed by atoms with van der Waals surface area (Å²) < 4.78 is 24.3. The van der Waals surface area contributed by atoms with Crippen LogP contribution in [0.15, 0.2) is 53.7 Å². The fraction of sp³-hybridized carbons (Fsp3) is 0.393. The third-order valence-corrected chi connectivity index (χ3v) is 6.69. The van der Waals surface area contributed by atoms with Crippen LogP contribution in [0.4, 0.5) is 11.6 Å². The minimum absolute atomic E-state index is 0.124. The molecule has 13 heteroatoms. The number of hydrogen-bond donors (Lipinski definition) is 2. The van der Waals surface area contributed by atoms with E-state index in [4.69, 9.17) is 18.9 Å². The number of carbonyl (C=O) groups is 2. The second kappa shape index (κ2) is 12.7. The molecule has 1 aromatic heterocycles. The largest absolute Gasteiger partial charge is 0.492 e. The van der Waals surface area contributed by atoms with E-state index in [1.54, 1.807) is 40.8 Å². The molecule has 3 aromatic rings. The van der Waals surface area contributed by atoms with Crippen LogP contribution in [-0.4, -0.2) is 83.0 Å². The fourth-order valence-electron chi connectivity index (χ4n) is 4.78. The Kier molecular flexibility index (Phi) is 8.63. The van der Waals surface area contributed by atoms with E-state index in [1.807, 2.05) is 32.0 Å². The van der Waals surface area contributed by atoms with Gasteiger partial charge in [-0.1, -0.05) is 23.3 Å². The maximum atomic E-state index is 13.8. The fourth-order valence-corrected chi connectivity index (χ4v) is 4.78. The lowest BCUT2D eigenvalue weighted by molar-refractivity contribution is -0.137. The zero-order valence-electron chi connectivity index (χ0n) is 23.3. The Balaban J connectivity index is 1.44. The number of hydrogen-bond acceptors (Lipinski definition) is 10. The minimum Gasteiger partial charge on any atom is -0.492 e. The molecule has 1 atom stereocenters. The Bertz CT molecular complexity index is 1430. The van der Waals surface area contributed by atoms with Crippen LogP contribution in [-0.2, 0) is 14.3 Å². The Morgan fingerprint density at radius 1 is 1.02 bits per heavy atom. The van der Waals surface area contributed by atoms with Gasteiger partial charge in [0, 0.05) is 18.8 Å². The standard InChI is InChI=1S/C28H33N7O6/c1-4-39-21-9-7-6-8-20(21)30-27(37)25-18(3)29-28-31-32-33-35(28)26(25)19-10-11-22(23(16-19)40-5-2)41-17-24(36)34-12-14-38-15-13-34/h6-11,16,26H,4-5,12-15,17H2,1-3H3,(H,30,37)(H,29,31,33). The monoisotopic (exact) mass is 563 g/mol. The van der Waals surface area contributed by atoms with Crippen molar-refractivity contribution in [2.75, 3.05) is 56.8 Å². The van der Waals surface area contributed by atoms with E-state index in [0.29, 0.717) is 85.2 Å². The van der Waals surface area contributed by atoms with Crippen LogP contribution in [0.25, 0.3) is 0 Å². The highest BCUT2D eigenvalue weighted by Crippen LogP contribution is 2.39. The molecule has 2 N–H and O–H groups in total. The number of para-hydroxylation sites is 2. The van der Waals surface area contributed by atoms with Crippen molar-refractivity contribution in [3.8, 4) is 17.2 Å². The first-order chi connectivity index (χ1) is 20.0. The summed E-state index contributed by atoms with van der Waals surface area (Å²) in [6.07, 6.45) is 0. The normalized spacial score (nSPS) is 16.5. The molecule has 5 rings (SSSR count). The van der Waals surface area contributed by atoms with Gasteiger partial charge in [0.05, 0.1) is 37.7 Å². The quantitative estimate of drug-likeness (QED) is 0.378. The van der Waals surface area contributed by atoms with Gasteiger partial charge < -0.3 is 34.5 Å². The molecular formula is C28H33N7O6. The molecule has 216 valence electrons. The van der Waals surface area contributed by atoms with Gasteiger partial charge >= 0.3 is 0 Å². The number of aromatic nitrogens is 4. The topological polar surface area (TPSA) is 142 Å². The van der Waals surface area contributed by atoms with Crippen LogP contribution in [0.2, 0.25) is 0 Å². The van der Waals surface area contributed by atoms with E-state index in [9.17, 15) is 9.59 Å². The summed E-state index contributed by atoms with van der Waals surface area (Å²) in [5, 5.41) is 18.1. The number of carbonyl (C=O) groups excluding carboxylic acids is 2. The first kappa shape index (κ1) is 27.9. The Labute approximate surface area is 237 Å². The van der Waals surface area contributed by atoms with Gasteiger partial charge in [-0.25, -0.2) is 0 Å². The highest BCUT2D eigenvalue weighted by atomic mass is 16.5. The van der Waals surface area contributed by atoms with Gasteiger partial charge in [0.25, 0.3) is 11.8 Å². The van der Waals surface area contributed by atoms with E-state index >= 15 is 0 Å². The summed E-state index contributed by atoms with van der Waals surface area (Å²) in [6, 6.07) is 11.9. The van der Waals surface area contributed by atoms with E-state index in [1.165, 1.54) is 0 Å². The molecule has 2 amide bonds. The van der Waals surface area contributed by atoms with E-state index in [2.05, 4.69) is 26.2 Å². The number of rotatable bonds is 10. The summed E-state index contributed by atoms with van der Waals surface area (Å²) in [6.45, 7) is 8.34. The molecule has 2 aliphatic rings. The van der Waals surface area contributed by atoms with Crippen LogP contribution in [0.3, 0.4) is 0 Å². The van der Waals surface area contributed by atoms with E-state index < -0.39 is 6.04 Å². The van der Waals surface area contributed by atoms with Gasteiger partial charge in [-0.2, -0.15) is 4.68 Å². The highest BCUT2D eigenvalue weighted by Gasteiger charge is 2.35. The lowest BCUT2D eigenvalue weighted by Gasteiger charge is -2.29. The van der Waals surface area contributed by atoms with Crippen LogP contribution in [0.1, 0.15) is 32.4 Å². The SMILES string of the molecule is CCOc1ccccc1NC(=O)C1=C(C)Nc2nnnn2C1c1ccc(OCC(=O)N2CCOCC2)c(OCC)c1. The Morgan fingerprint density at radius 3 is 2.56 bits per heavy atom. The predicted molar refractivity (Wildman–Crippen MR) is 149 cm³/mol. The molecule has 1 fully saturated rings. The molecule has 0 aliphatic carbocycles. The highest BCUT2D eigenvalue weighted by molar-refractivity contribution is 6.06. The van der Waals surface area contributed by atoms with Gasteiger partial charge in [-0.15, -0.1) is 0 Å². The van der Waals surface area contributed by atoms with Crippen molar-refractivity contribution in [2.24, 2.45) is 0 Å². The van der Waals surface area contributed by atoms with Crippen molar-refractivity contribution in [1.82, 2.24) is 25.1 Å². The number of amides is 2. The maximum absolute atomic E-state index is 13.8. The Morgan fingerprint density at radius 2 is 1.78 bits per heavy atom. The number of anilines is 2. The molecule has 0 bridgehead atoms. The summed E-state index contributed by atoms with van der Waals surface area (Å²) in [5.74, 6) is 1.35. The molecule has 0 spiro atoms. The lowest BCUT2D eigenvalue weighted by Crippen LogP contribution is -2.43. The van der Waals surface area contributed by atoms with Gasteiger partial charge in [0.2, 0.25) is 5.95 Å². The van der Waals surface area contributed by atoms with Crippen LogP contribution < -0.4 is 24.8 Å². The summed E-state index contributed by atoms with van der Waals surface area (Å²) >= 11 is 0. The van der Waals surface area contributed by atoms with Crippen molar-refractivity contribution in [3.63, 3.8) is 0 Å². The summed E-state index contributed by atoms with van der Waals surface area (Å²) in [7, 11) is 0. The van der Waals surface area contributed by atoms with Gasteiger partial charge in [-0.3, -0.25) is 9.59 Å². The molecule has 41 heavy (non-hydrogen) atoms. The molecule has 13 nitrogen and oxygen atoms in total. The first-order valence-electron chi connectivity index (χ1n) is 13.5. The Hall–Kier alpha value is -4.65. The minimum atomic E-state index is -0.677. The zero-order valence-corrected chi connectivity index (χ0v) is 23.3. The van der Waals surface area contributed by atoms with Gasteiger partial charge in [0.15, 0.2) is 18.1 Å². The number of morpholine rings is 1. The second-order valence-corrected chi connectivity index (χ2v) is 9.32. The zero-order chi connectivity index (χ0) is 28.8. The molecule has 0 radical (unpaired) electrons. The number of ether oxygens (including phenoxy) is 4. The van der Waals surface area contributed by atoms with Gasteiger partial charge in [-0.05, 0) is 61.0 Å². The molecule has 1 unspecified atom stereocenters. The molecule has 3 heterocycles. The van der Waals surface area contributed by atoms with Gasteiger partial charge in [0.1, 0.15) is 11.8 Å². The number of nitrogens with one attached hydrogen (secondary N) is 2. The van der Waals surface area contributed by atoms with Crippen molar-refractivity contribution >= 4 is 23.5 Å². The molecule has 1 saturated heterocycles. The maximum Gasteiger partial charge on any atom is 0.260 e. The molecular weight excluding hydrogens is 530 g/mol. The lowest BCUT2D eigenvalue weighted by atomic mass is 9.94. The smallest absolute Gasteiger partial charge is 0.260 e. The van der Waals surface area contributed by atoms with Crippen molar-refractivity contribution in [2.45, 2.75) is 26.8 Å². The average Bonchev–Trinajstić information content (AvgIpc) is 3.45. The third kappa shape index (κ3) is 6.09. The molecule has 2 aliphatic heterocycles. The number of tetrazole rings is 1. The molecule has 0 saturated carbocycles. The van der Waals surface area contributed by atoms with Crippen LogP contribution in [0, 0.1) is 0 Å². The number of fused-ring (bicyclic) bond motifs is 1. The van der Waals surface area contributed by atoms with Crippen LogP contribution in [0.5, 0.6) is 17.2 Å². The van der Waals surface area contributed by atoms with E-state index in [0.717, 1.165) is 0 Å². The number of nitrogens with zero attached hydrogens (tertiary/aromatic N) is 5. The second-order valence-electron chi connectivity index (χ2n) is 9.32. The first-order valence-corrected chi connectivity index (χ1v) is 13.5. The van der Waals surface area contributed by atoms with Crippen molar-refractivity contribution < 1.29 is 28.5 Å². The van der Waals surface area contributed by atoms with Crippen molar-refractivity contribution in [1.29, 1.82) is 0 Å². The number of allylic oxidation sites excluding steroid dienone is 1. The average molecular weight is 564 g/mol.